The summed E-state index contributed by atoms with van der Waals surface area (Å²) in [6.45, 7) is 0. The van der Waals surface area contributed by atoms with Crippen LogP contribution >= 0.6 is 11.3 Å². The van der Waals surface area contributed by atoms with E-state index in [-0.39, 0.29) is 0 Å². The maximum Gasteiger partial charge on any atom is 0.164 e. The molecule has 7 aromatic carbocycles. The highest BCUT2D eigenvalue weighted by Gasteiger charge is 2.20. The zero-order chi connectivity index (χ0) is 37.1. The van der Waals surface area contributed by atoms with Gasteiger partial charge in [0.15, 0.2) is 17.5 Å². The molecule has 0 aliphatic carbocycles. The minimum absolute atomic E-state index is 0.505. The van der Waals surface area contributed by atoms with Crippen molar-refractivity contribution in [2.45, 2.75) is 0 Å². The van der Waals surface area contributed by atoms with Crippen molar-refractivity contribution in [1.82, 2.24) is 19.9 Å². The fraction of sp³-hybridized carbons (Fsp3) is 0. The van der Waals surface area contributed by atoms with Crippen molar-refractivity contribution in [3.63, 3.8) is 0 Å². The molecule has 0 bridgehead atoms. The van der Waals surface area contributed by atoms with Crippen LogP contribution in [0.15, 0.2) is 170 Å². The summed E-state index contributed by atoms with van der Waals surface area (Å²) >= 11 is 1.66. The zero-order valence-electron chi connectivity index (χ0n) is 29.3. The van der Waals surface area contributed by atoms with E-state index in [1.165, 1.54) is 0 Å². The number of benzene rings is 7. The second kappa shape index (κ2) is 14.4. The Labute approximate surface area is 322 Å². The fourth-order valence-electron chi connectivity index (χ4n) is 6.82. The Morgan fingerprint density at radius 2 is 0.873 bits per heavy atom. The molecule has 0 saturated carbocycles. The number of nitriles is 2. The molecule has 0 saturated heterocycles. The zero-order valence-corrected chi connectivity index (χ0v) is 30.1. The van der Waals surface area contributed by atoms with Crippen LogP contribution in [0, 0.1) is 22.7 Å². The molecule has 0 fully saturated rings. The molecule has 6 nitrogen and oxygen atoms in total. The van der Waals surface area contributed by atoms with Crippen LogP contribution in [0.3, 0.4) is 0 Å². The Kier molecular flexibility index (Phi) is 8.74. The van der Waals surface area contributed by atoms with Crippen molar-refractivity contribution in [2.75, 3.05) is 0 Å². The Bertz CT molecular complexity index is 2870. The van der Waals surface area contributed by atoms with Gasteiger partial charge < -0.3 is 0 Å². The molecular weight excluding hydrogens is 693 g/mol. The van der Waals surface area contributed by atoms with Gasteiger partial charge in [0.2, 0.25) is 0 Å². The summed E-state index contributed by atoms with van der Waals surface area (Å²) in [5, 5.41) is 21.2. The first kappa shape index (κ1) is 33.3. The summed E-state index contributed by atoms with van der Waals surface area (Å²) < 4.78 is 1.13. The summed E-state index contributed by atoms with van der Waals surface area (Å²) in [6.07, 6.45) is 0. The van der Waals surface area contributed by atoms with E-state index in [4.69, 9.17) is 19.9 Å². The van der Waals surface area contributed by atoms with Crippen LogP contribution in [0.25, 0.3) is 88.3 Å². The van der Waals surface area contributed by atoms with Gasteiger partial charge in [0.25, 0.3) is 0 Å². The van der Waals surface area contributed by atoms with E-state index in [1.807, 2.05) is 140 Å². The van der Waals surface area contributed by atoms with Crippen LogP contribution in [0.5, 0.6) is 0 Å². The lowest BCUT2D eigenvalue weighted by molar-refractivity contribution is 1.07. The lowest BCUT2D eigenvalue weighted by atomic mass is 9.86. The number of fused-ring (bicyclic) bond motifs is 1. The van der Waals surface area contributed by atoms with E-state index in [0.717, 1.165) is 70.9 Å². The third kappa shape index (κ3) is 6.53. The molecule has 2 aromatic heterocycles. The number of hydrogen-bond acceptors (Lipinski definition) is 7. The van der Waals surface area contributed by atoms with Gasteiger partial charge in [-0.05, 0) is 75.8 Å². The summed E-state index contributed by atoms with van der Waals surface area (Å²) in [6, 6.07) is 60.4. The van der Waals surface area contributed by atoms with Gasteiger partial charge in [-0.2, -0.15) is 10.5 Å². The molecule has 256 valence electrons. The van der Waals surface area contributed by atoms with Gasteiger partial charge >= 0.3 is 0 Å². The maximum absolute atomic E-state index is 10.2. The van der Waals surface area contributed by atoms with Crippen molar-refractivity contribution < 1.29 is 0 Å². The van der Waals surface area contributed by atoms with Crippen molar-refractivity contribution in [3.05, 3.63) is 181 Å². The van der Waals surface area contributed by atoms with Gasteiger partial charge in [-0.25, -0.2) is 19.9 Å². The van der Waals surface area contributed by atoms with Gasteiger partial charge in [0.1, 0.15) is 5.01 Å². The number of rotatable bonds is 7. The van der Waals surface area contributed by atoms with E-state index < -0.39 is 0 Å². The molecule has 0 aliphatic rings. The quantitative estimate of drug-likeness (QED) is 0.162. The highest BCUT2D eigenvalue weighted by atomic mass is 32.1. The first-order valence-corrected chi connectivity index (χ1v) is 18.5. The number of para-hydroxylation sites is 1. The first-order valence-electron chi connectivity index (χ1n) is 17.7. The molecule has 9 aromatic rings. The molecule has 0 radical (unpaired) electrons. The van der Waals surface area contributed by atoms with E-state index in [0.29, 0.717) is 28.6 Å². The summed E-state index contributed by atoms with van der Waals surface area (Å²) in [5.74, 6) is 1.65. The molecule has 0 amide bonds. The van der Waals surface area contributed by atoms with Crippen molar-refractivity contribution in [1.29, 1.82) is 10.5 Å². The van der Waals surface area contributed by atoms with Crippen molar-refractivity contribution in [3.8, 4) is 90.3 Å². The number of nitrogens with zero attached hydrogens (tertiary/aromatic N) is 6. The lowest BCUT2D eigenvalue weighted by Gasteiger charge is -2.18. The van der Waals surface area contributed by atoms with Crippen molar-refractivity contribution in [2.24, 2.45) is 0 Å². The number of aromatic nitrogens is 4. The standard InChI is InChI=1S/C48H28N6S/c49-29-31-22-24-37(35-16-11-17-36(28-35)48-51-43-20-9-10-21-44(43)55-48)41(26-31)42-27-32(30-50)23-25-39(42)38-18-7-8-19-40(38)47-53-45(33-12-3-1-4-13-33)52-46(54-47)34-14-5-2-6-15-34/h1-28H. The van der Waals surface area contributed by atoms with Gasteiger partial charge in [0, 0.05) is 22.3 Å². The topological polar surface area (TPSA) is 99.1 Å². The minimum Gasteiger partial charge on any atom is -0.236 e. The van der Waals surface area contributed by atoms with Gasteiger partial charge in [-0.1, -0.05) is 127 Å². The van der Waals surface area contributed by atoms with Crippen LogP contribution in [-0.2, 0) is 0 Å². The minimum atomic E-state index is 0.505. The predicted octanol–water partition coefficient (Wildman–Crippen LogP) is 11.9. The second-order valence-electron chi connectivity index (χ2n) is 12.9. The molecule has 0 unspecified atom stereocenters. The molecule has 7 heteroatoms. The average molecular weight is 721 g/mol. The van der Waals surface area contributed by atoms with Gasteiger partial charge in [0.05, 0.1) is 33.5 Å². The third-order valence-corrected chi connectivity index (χ3v) is 10.5. The normalized spacial score (nSPS) is 10.9. The molecule has 55 heavy (non-hydrogen) atoms. The Morgan fingerprint density at radius 1 is 0.364 bits per heavy atom. The van der Waals surface area contributed by atoms with E-state index >= 15 is 0 Å². The van der Waals surface area contributed by atoms with Crippen LogP contribution in [0.1, 0.15) is 11.1 Å². The molecule has 9 rings (SSSR count). The van der Waals surface area contributed by atoms with Gasteiger partial charge in [-0.15, -0.1) is 11.3 Å². The Morgan fingerprint density at radius 3 is 1.53 bits per heavy atom. The lowest BCUT2D eigenvalue weighted by Crippen LogP contribution is -2.01. The second-order valence-corrected chi connectivity index (χ2v) is 13.9. The van der Waals surface area contributed by atoms with Crippen LogP contribution in [-0.4, -0.2) is 19.9 Å². The Hall–Kier alpha value is -7.58. The fourth-order valence-corrected chi connectivity index (χ4v) is 7.78. The molecule has 2 heterocycles. The monoisotopic (exact) mass is 720 g/mol. The smallest absolute Gasteiger partial charge is 0.164 e. The highest BCUT2D eigenvalue weighted by Crippen LogP contribution is 2.43. The molecule has 0 N–H and O–H groups in total. The van der Waals surface area contributed by atoms with Crippen LogP contribution in [0.4, 0.5) is 0 Å². The molecule has 0 aliphatic heterocycles. The molecular formula is C48H28N6S. The van der Waals surface area contributed by atoms with Crippen molar-refractivity contribution >= 4 is 21.6 Å². The average Bonchev–Trinajstić information content (AvgIpc) is 3.71. The maximum atomic E-state index is 10.2. The van der Waals surface area contributed by atoms with E-state index in [2.05, 4.69) is 42.5 Å². The largest absolute Gasteiger partial charge is 0.236 e. The SMILES string of the molecule is N#Cc1ccc(-c2cccc(-c3nc4ccccc4s3)c2)c(-c2cc(C#N)ccc2-c2ccccc2-c2nc(-c3ccccc3)nc(-c3ccccc3)n2)c1. The molecule has 0 atom stereocenters. The van der Waals surface area contributed by atoms with Crippen LogP contribution in [0.2, 0.25) is 0 Å². The Balaban J connectivity index is 1.24. The summed E-state index contributed by atoms with van der Waals surface area (Å²) in [4.78, 5) is 19.9. The predicted molar refractivity (Wildman–Crippen MR) is 220 cm³/mol. The summed E-state index contributed by atoms with van der Waals surface area (Å²) in [5.41, 5.74) is 10.8. The third-order valence-electron chi connectivity index (χ3n) is 9.46. The van der Waals surface area contributed by atoms with E-state index in [9.17, 15) is 10.5 Å². The van der Waals surface area contributed by atoms with Crippen LogP contribution < -0.4 is 0 Å². The number of thiazole rings is 1. The van der Waals surface area contributed by atoms with E-state index in [1.54, 1.807) is 11.3 Å². The van der Waals surface area contributed by atoms with Gasteiger partial charge in [-0.3, -0.25) is 0 Å². The molecule has 0 spiro atoms. The highest BCUT2D eigenvalue weighted by molar-refractivity contribution is 7.21. The summed E-state index contributed by atoms with van der Waals surface area (Å²) in [7, 11) is 0. The number of hydrogen-bond donors (Lipinski definition) is 0. The first-order chi connectivity index (χ1) is 27.1.